The number of hydrogen-bond donors (Lipinski definition) is 1. The highest BCUT2D eigenvalue weighted by atomic mass is 19.1. The van der Waals surface area contributed by atoms with Crippen molar-refractivity contribution < 1.29 is 13.7 Å². The van der Waals surface area contributed by atoms with Crippen LogP contribution in [-0.2, 0) is 0 Å². The summed E-state index contributed by atoms with van der Waals surface area (Å²) in [5.74, 6) is 0.0968. The molecule has 4 rings (SSSR count). The van der Waals surface area contributed by atoms with Gasteiger partial charge in [0.05, 0.1) is 0 Å². The number of carbonyl (C=O) groups is 1. The molecule has 0 radical (unpaired) electrons. The minimum Gasteiger partial charge on any atom is -0.351 e. The number of carbonyl (C=O) groups excluding carboxylic acids is 1. The lowest BCUT2D eigenvalue weighted by Crippen LogP contribution is -2.35. The van der Waals surface area contributed by atoms with Crippen molar-refractivity contribution in [2.24, 2.45) is 0 Å². The second-order valence-corrected chi connectivity index (χ2v) is 7.53. The number of rotatable bonds is 6. The van der Waals surface area contributed by atoms with E-state index in [1.54, 1.807) is 36.4 Å². The van der Waals surface area contributed by atoms with E-state index < -0.39 is 0 Å². The molecule has 0 spiro atoms. The molecule has 3 aromatic rings. The number of aromatic nitrogens is 2. The Kier molecular flexibility index (Phi) is 6.49. The normalized spacial score (nSPS) is 15.0. The minimum absolute atomic E-state index is 0.128. The lowest BCUT2D eigenvalue weighted by Gasteiger charge is -2.19. The van der Waals surface area contributed by atoms with Gasteiger partial charge in [0.15, 0.2) is 0 Å². The minimum atomic E-state index is -0.363. The van der Waals surface area contributed by atoms with Crippen LogP contribution in [0.2, 0.25) is 0 Å². The van der Waals surface area contributed by atoms with Crippen LogP contribution >= 0.6 is 0 Å². The predicted octanol–water partition coefficient (Wildman–Crippen LogP) is 4.15. The van der Waals surface area contributed by atoms with Gasteiger partial charge in [-0.2, -0.15) is 4.98 Å². The van der Waals surface area contributed by atoms with E-state index in [-0.39, 0.29) is 17.6 Å². The molecular formula is C23H25FN4O2. The SMILES string of the molecule is O=C(NCCN1CCCCCC1)c1cccc(-c2nc(-c3cccc(F)c3)no2)c1. The Morgan fingerprint density at radius 2 is 1.80 bits per heavy atom. The molecule has 1 N–H and O–H groups in total. The van der Waals surface area contributed by atoms with E-state index in [1.165, 1.54) is 37.8 Å². The number of hydrogen-bond acceptors (Lipinski definition) is 5. The molecule has 1 aromatic heterocycles. The number of likely N-dealkylation sites (tertiary alicyclic amines) is 1. The summed E-state index contributed by atoms with van der Waals surface area (Å²) in [6.07, 6.45) is 5.06. The zero-order chi connectivity index (χ0) is 20.8. The first-order chi connectivity index (χ1) is 14.7. The summed E-state index contributed by atoms with van der Waals surface area (Å²) < 4.78 is 18.8. The maximum Gasteiger partial charge on any atom is 0.258 e. The Hall–Kier alpha value is -3.06. The van der Waals surface area contributed by atoms with Crippen molar-refractivity contribution in [2.45, 2.75) is 25.7 Å². The Bertz CT molecular complexity index is 996. The second kappa shape index (κ2) is 9.63. The lowest BCUT2D eigenvalue weighted by molar-refractivity contribution is 0.0948. The lowest BCUT2D eigenvalue weighted by atomic mass is 10.1. The molecule has 30 heavy (non-hydrogen) atoms. The van der Waals surface area contributed by atoms with Crippen molar-refractivity contribution >= 4 is 5.91 Å². The van der Waals surface area contributed by atoms with Gasteiger partial charge in [-0.05, 0) is 56.3 Å². The van der Waals surface area contributed by atoms with Crippen molar-refractivity contribution in [1.82, 2.24) is 20.4 Å². The zero-order valence-electron chi connectivity index (χ0n) is 16.8. The molecule has 156 valence electrons. The molecule has 0 aliphatic carbocycles. The molecule has 6 nitrogen and oxygen atoms in total. The third-order valence-corrected chi connectivity index (χ3v) is 5.29. The highest BCUT2D eigenvalue weighted by molar-refractivity contribution is 5.95. The summed E-state index contributed by atoms with van der Waals surface area (Å²) in [5, 5.41) is 6.92. The average Bonchev–Trinajstić information content (AvgIpc) is 3.12. The summed E-state index contributed by atoms with van der Waals surface area (Å²) in [6, 6.07) is 13.1. The van der Waals surface area contributed by atoms with Gasteiger partial charge in [-0.15, -0.1) is 0 Å². The molecule has 1 amide bonds. The van der Waals surface area contributed by atoms with Gasteiger partial charge in [0, 0.05) is 29.8 Å². The molecule has 1 saturated heterocycles. The Balaban J connectivity index is 1.39. The number of benzene rings is 2. The first-order valence-electron chi connectivity index (χ1n) is 10.4. The Morgan fingerprint density at radius 1 is 1.03 bits per heavy atom. The van der Waals surface area contributed by atoms with Crippen LogP contribution < -0.4 is 5.32 Å². The fraction of sp³-hybridized carbons (Fsp3) is 0.348. The Labute approximate surface area is 175 Å². The van der Waals surface area contributed by atoms with E-state index >= 15 is 0 Å². The van der Waals surface area contributed by atoms with Crippen LogP contribution in [0.3, 0.4) is 0 Å². The van der Waals surface area contributed by atoms with Crippen LogP contribution in [-0.4, -0.2) is 47.1 Å². The molecule has 0 saturated carbocycles. The van der Waals surface area contributed by atoms with Gasteiger partial charge < -0.3 is 14.7 Å². The second-order valence-electron chi connectivity index (χ2n) is 7.53. The van der Waals surface area contributed by atoms with E-state index in [9.17, 15) is 9.18 Å². The molecule has 1 fully saturated rings. The molecule has 1 aliphatic heterocycles. The van der Waals surface area contributed by atoms with Gasteiger partial charge in [-0.3, -0.25) is 4.79 Å². The highest BCUT2D eigenvalue weighted by Crippen LogP contribution is 2.23. The first-order valence-corrected chi connectivity index (χ1v) is 10.4. The number of halogens is 1. The van der Waals surface area contributed by atoms with Crippen LogP contribution in [0.15, 0.2) is 53.1 Å². The van der Waals surface area contributed by atoms with E-state index in [1.807, 2.05) is 0 Å². The molecule has 2 heterocycles. The topological polar surface area (TPSA) is 71.3 Å². The molecule has 1 aliphatic rings. The van der Waals surface area contributed by atoms with Gasteiger partial charge in [0.25, 0.3) is 11.8 Å². The molecule has 0 unspecified atom stereocenters. The van der Waals surface area contributed by atoms with Crippen LogP contribution in [0.5, 0.6) is 0 Å². The maximum absolute atomic E-state index is 13.4. The van der Waals surface area contributed by atoms with Gasteiger partial charge in [-0.25, -0.2) is 4.39 Å². The van der Waals surface area contributed by atoms with Crippen LogP contribution in [0, 0.1) is 5.82 Å². The summed E-state index contributed by atoms with van der Waals surface area (Å²) in [5.41, 5.74) is 1.71. The van der Waals surface area contributed by atoms with E-state index in [4.69, 9.17) is 4.52 Å². The quantitative estimate of drug-likeness (QED) is 0.664. The largest absolute Gasteiger partial charge is 0.351 e. The van der Waals surface area contributed by atoms with Gasteiger partial charge in [-0.1, -0.05) is 36.2 Å². The van der Waals surface area contributed by atoms with Crippen LogP contribution in [0.1, 0.15) is 36.0 Å². The monoisotopic (exact) mass is 408 g/mol. The predicted molar refractivity (Wildman–Crippen MR) is 112 cm³/mol. The molecular weight excluding hydrogens is 383 g/mol. The number of amides is 1. The number of nitrogens with one attached hydrogen (secondary N) is 1. The first kappa shape index (κ1) is 20.2. The van der Waals surface area contributed by atoms with E-state index in [0.29, 0.717) is 29.1 Å². The molecule has 2 aromatic carbocycles. The maximum atomic E-state index is 13.4. The van der Waals surface area contributed by atoms with Crippen molar-refractivity contribution in [3.8, 4) is 22.8 Å². The van der Waals surface area contributed by atoms with Crippen molar-refractivity contribution in [2.75, 3.05) is 26.2 Å². The Morgan fingerprint density at radius 3 is 2.60 bits per heavy atom. The fourth-order valence-corrected chi connectivity index (χ4v) is 3.67. The van der Waals surface area contributed by atoms with Crippen molar-refractivity contribution in [3.63, 3.8) is 0 Å². The van der Waals surface area contributed by atoms with Crippen molar-refractivity contribution in [3.05, 3.63) is 59.9 Å². The summed E-state index contributed by atoms with van der Waals surface area (Å²) in [6.45, 7) is 3.70. The highest BCUT2D eigenvalue weighted by Gasteiger charge is 2.14. The zero-order valence-corrected chi connectivity index (χ0v) is 16.8. The van der Waals surface area contributed by atoms with Crippen molar-refractivity contribution in [1.29, 1.82) is 0 Å². The van der Waals surface area contributed by atoms with Crippen LogP contribution in [0.25, 0.3) is 22.8 Å². The third-order valence-electron chi connectivity index (χ3n) is 5.29. The number of nitrogens with zero attached hydrogens (tertiary/aromatic N) is 3. The summed E-state index contributed by atoms with van der Waals surface area (Å²) >= 11 is 0. The molecule has 0 atom stereocenters. The van der Waals surface area contributed by atoms with Crippen LogP contribution in [0.4, 0.5) is 4.39 Å². The summed E-state index contributed by atoms with van der Waals surface area (Å²) in [4.78, 5) is 19.3. The smallest absolute Gasteiger partial charge is 0.258 e. The van der Waals surface area contributed by atoms with E-state index in [2.05, 4.69) is 20.4 Å². The van der Waals surface area contributed by atoms with Gasteiger partial charge in [0.2, 0.25) is 5.82 Å². The van der Waals surface area contributed by atoms with E-state index in [0.717, 1.165) is 19.6 Å². The van der Waals surface area contributed by atoms with Gasteiger partial charge in [0.1, 0.15) is 5.82 Å². The summed E-state index contributed by atoms with van der Waals surface area (Å²) in [7, 11) is 0. The molecule has 7 heteroatoms. The third kappa shape index (κ3) is 5.10. The molecule has 0 bridgehead atoms. The van der Waals surface area contributed by atoms with Gasteiger partial charge >= 0.3 is 0 Å². The standard InChI is InChI=1S/C23H25FN4O2/c24-20-10-6-7-17(16-20)21-26-23(30-27-21)19-9-5-8-18(15-19)22(29)25-11-14-28-12-3-1-2-4-13-28/h5-10,15-16H,1-4,11-14H2,(H,25,29). The average molecular weight is 408 g/mol. The fourth-order valence-electron chi connectivity index (χ4n) is 3.67.